The summed E-state index contributed by atoms with van der Waals surface area (Å²) < 4.78 is 0. The molecule has 1 N–H and O–H groups in total. The third-order valence-corrected chi connectivity index (χ3v) is 8.96. The molecule has 0 aliphatic heterocycles. The van der Waals surface area contributed by atoms with Crippen LogP contribution in [0.25, 0.3) is 0 Å². The minimum Gasteiger partial charge on any atom is -0.380 e. The Morgan fingerprint density at radius 2 is 0.804 bits per heavy atom. The van der Waals surface area contributed by atoms with Gasteiger partial charge in [0, 0.05) is 51.5 Å². The van der Waals surface area contributed by atoms with Crippen LogP contribution in [0.1, 0.15) is 168 Å². The maximum absolute atomic E-state index is 12.1. The van der Waals surface area contributed by atoms with E-state index in [1.807, 2.05) is 90.1 Å². The van der Waals surface area contributed by atoms with Crippen molar-refractivity contribution in [3.8, 4) is 0 Å². The lowest BCUT2D eigenvalue weighted by atomic mass is 9.77. The number of benzene rings is 3. The predicted octanol–water partition coefficient (Wildman–Crippen LogP) is 13.2. The maximum Gasteiger partial charge on any atom is 0.168 e. The van der Waals surface area contributed by atoms with Gasteiger partial charge in [-0.2, -0.15) is 0 Å². The Balaban J connectivity index is 0.000000383. The van der Waals surface area contributed by atoms with Crippen LogP contribution < -0.4 is 10.2 Å². The van der Waals surface area contributed by atoms with Gasteiger partial charge in [0.25, 0.3) is 0 Å². The van der Waals surface area contributed by atoms with Gasteiger partial charge in [0.1, 0.15) is 0 Å². The number of Topliss-reactive ketones (excluding diaryl/α,β-unsaturated/α-hetero) is 2. The summed E-state index contributed by atoms with van der Waals surface area (Å²) in [6.07, 6.45) is 0. The summed E-state index contributed by atoms with van der Waals surface area (Å²) in [4.78, 5) is 26.4. The molecule has 0 saturated heterocycles. The third-order valence-electron chi connectivity index (χ3n) is 8.96. The van der Waals surface area contributed by atoms with E-state index < -0.39 is 0 Å². The zero-order valence-electron chi connectivity index (χ0n) is 36.5. The van der Waals surface area contributed by atoms with E-state index >= 15 is 0 Å². The molecule has 0 aliphatic carbocycles. The van der Waals surface area contributed by atoms with E-state index in [0.29, 0.717) is 0 Å². The van der Waals surface area contributed by atoms with Gasteiger partial charge in [0.15, 0.2) is 11.6 Å². The number of nitrogens with one attached hydrogen (secondary N) is 1. The largest absolute Gasteiger partial charge is 0.380 e. The van der Waals surface area contributed by atoms with E-state index in [2.05, 4.69) is 126 Å². The third kappa shape index (κ3) is 14.3. The number of carbonyl (C=O) groups is 2. The van der Waals surface area contributed by atoms with Gasteiger partial charge in [-0.3, -0.25) is 9.59 Å². The Hall–Kier alpha value is -3.40. The second kappa shape index (κ2) is 16.5. The van der Waals surface area contributed by atoms with Crippen molar-refractivity contribution in [1.82, 2.24) is 0 Å². The van der Waals surface area contributed by atoms with E-state index in [9.17, 15) is 9.59 Å². The van der Waals surface area contributed by atoms with Crippen molar-refractivity contribution in [3.63, 3.8) is 0 Å². The first-order valence-electron chi connectivity index (χ1n) is 18.6. The number of anilines is 2. The lowest BCUT2D eigenvalue weighted by molar-refractivity contribution is 0.0852. The lowest BCUT2D eigenvalue weighted by Gasteiger charge is -2.34. The second-order valence-corrected chi connectivity index (χ2v) is 20.3. The summed E-state index contributed by atoms with van der Waals surface area (Å²) in [6, 6.07) is 20.2. The van der Waals surface area contributed by atoms with Crippen LogP contribution >= 0.6 is 0 Å². The fourth-order valence-electron chi connectivity index (χ4n) is 5.67. The monoisotopic (exact) mass is 699 g/mol. The van der Waals surface area contributed by atoms with Gasteiger partial charge in [-0.25, -0.2) is 0 Å². The first kappa shape index (κ1) is 45.6. The van der Waals surface area contributed by atoms with Gasteiger partial charge in [0.2, 0.25) is 0 Å². The maximum atomic E-state index is 12.1. The summed E-state index contributed by atoms with van der Waals surface area (Å²) in [5, 5.41) is 3.37. The highest BCUT2D eigenvalue weighted by Gasteiger charge is 2.25. The Labute approximate surface area is 314 Å². The van der Waals surface area contributed by atoms with Gasteiger partial charge in [-0.1, -0.05) is 95.2 Å². The first-order valence-corrected chi connectivity index (χ1v) is 18.6. The number of ketones is 2. The molecule has 0 fully saturated rings. The zero-order chi connectivity index (χ0) is 40.1. The minimum atomic E-state index is -0.322. The molecule has 3 aromatic carbocycles. The van der Waals surface area contributed by atoms with Crippen molar-refractivity contribution in [2.45, 2.75) is 160 Å². The average molecular weight is 699 g/mol. The van der Waals surface area contributed by atoms with Gasteiger partial charge >= 0.3 is 0 Å². The zero-order valence-corrected chi connectivity index (χ0v) is 36.5. The summed E-state index contributed by atoms with van der Waals surface area (Å²) in [6.45, 7) is 42.7. The molecular weight excluding hydrogens is 625 g/mol. The van der Waals surface area contributed by atoms with Crippen molar-refractivity contribution in [3.05, 3.63) is 94.0 Å². The molecule has 0 heterocycles. The molecule has 0 spiro atoms. The molecule has 0 atom stereocenters. The van der Waals surface area contributed by atoms with E-state index in [4.69, 9.17) is 0 Å². The normalized spacial score (nSPS) is 12.6. The Morgan fingerprint density at radius 3 is 1.06 bits per heavy atom. The fraction of sp³-hybridized carbons (Fsp3) is 0.574. The first-order chi connectivity index (χ1) is 22.7. The number of hydrogen-bond acceptors (Lipinski definition) is 4. The molecule has 4 heteroatoms. The van der Waals surface area contributed by atoms with Crippen LogP contribution in [0.15, 0.2) is 60.7 Å². The Bertz CT molecular complexity index is 1550. The predicted molar refractivity (Wildman–Crippen MR) is 225 cm³/mol. The van der Waals surface area contributed by atoms with Crippen molar-refractivity contribution >= 4 is 22.9 Å². The van der Waals surface area contributed by atoms with Crippen LogP contribution in [0.5, 0.6) is 0 Å². The van der Waals surface area contributed by atoms with Crippen LogP contribution in [0.2, 0.25) is 0 Å². The molecule has 0 aromatic heterocycles. The average Bonchev–Trinajstić information content (AvgIpc) is 2.95. The quantitative estimate of drug-likeness (QED) is 0.276. The molecule has 0 aliphatic rings. The highest BCUT2D eigenvalue weighted by Crippen LogP contribution is 2.34. The fourth-order valence-corrected chi connectivity index (χ4v) is 5.67. The van der Waals surface area contributed by atoms with E-state index in [-0.39, 0.29) is 44.3 Å². The number of nitrogens with zero attached hydrogens (tertiary/aromatic N) is 1. The number of rotatable bonds is 4. The topological polar surface area (TPSA) is 49.4 Å². The highest BCUT2D eigenvalue weighted by atomic mass is 16.1. The van der Waals surface area contributed by atoms with Crippen molar-refractivity contribution in [1.29, 1.82) is 0 Å². The van der Waals surface area contributed by atoms with E-state index in [1.54, 1.807) is 0 Å². The molecule has 0 bridgehead atoms. The highest BCUT2D eigenvalue weighted by molar-refractivity contribution is 6.00. The number of carbonyl (C=O) groups excluding carboxylic acids is 2. The van der Waals surface area contributed by atoms with Crippen LogP contribution in [0, 0.1) is 24.7 Å². The molecule has 0 radical (unpaired) electrons. The summed E-state index contributed by atoms with van der Waals surface area (Å²) >= 11 is 0. The molecule has 284 valence electrons. The molecule has 3 aromatic rings. The smallest absolute Gasteiger partial charge is 0.168 e. The lowest BCUT2D eigenvalue weighted by Crippen LogP contribution is -2.38. The molecule has 51 heavy (non-hydrogen) atoms. The Morgan fingerprint density at radius 1 is 0.490 bits per heavy atom. The van der Waals surface area contributed by atoms with Gasteiger partial charge < -0.3 is 10.2 Å². The van der Waals surface area contributed by atoms with Crippen LogP contribution in [-0.2, 0) is 10.8 Å². The van der Waals surface area contributed by atoms with Gasteiger partial charge in [0.05, 0.1) is 0 Å². The van der Waals surface area contributed by atoms with Crippen molar-refractivity contribution < 1.29 is 9.59 Å². The van der Waals surface area contributed by atoms with Crippen LogP contribution in [0.3, 0.4) is 0 Å². The summed E-state index contributed by atoms with van der Waals surface area (Å²) in [5.74, 6) is 0.368. The van der Waals surface area contributed by atoms with Crippen molar-refractivity contribution in [2.24, 2.45) is 10.8 Å². The van der Waals surface area contributed by atoms with Crippen LogP contribution in [-0.4, -0.2) is 29.7 Å². The van der Waals surface area contributed by atoms with Crippen LogP contribution in [0.4, 0.5) is 11.4 Å². The summed E-state index contributed by atoms with van der Waals surface area (Å²) in [7, 11) is 2.07. The molecule has 0 unspecified atom stereocenters. The van der Waals surface area contributed by atoms with Gasteiger partial charge in [-0.15, -0.1) is 0 Å². The Kier molecular flexibility index (Phi) is 14.8. The number of hydrogen-bond donors (Lipinski definition) is 1. The molecule has 0 amide bonds. The van der Waals surface area contributed by atoms with E-state index in [1.165, 1.54) is 22.3 Å². The van der Waals surface area contributed by atoms with Gasteiger partial charge in [-0.05, 0) is 137 Å². The standard InChI is InChI=1S/C16H25NO.C16H26.C15H23NO/c1-15(2,3)14(18)12-8-10-13(11-9-12)17(7)16(4,5)6;1-11-12(2)14(16(6,7)8)10-9-13(11)15(3,4)5;1-14(2,3)13(17)11-7-9-12(10-8-11)16-15(4,5)6/h8-11H,1-7H3;9-10H,1-8H3;7-10,16H,1-6H3. The second-order valence-electron chi connectivity index (χ2n) is 20.3. The molecule has 4 nitrogen and oxygen atoms in total. The molecular formula is C47H74N2O2. The summed E-state index contributed by atoms with van der Waals surface area (Å²) in [5.41, 5.74) is 9.55. The minimum absolute atomic E-state index is 0.0373. The SMILES string of the molecule is CC(C)(C)Nc1ccc(C(=O)C(C)(C)C)cc1.CN(c1ccc(C(=O)C(C)(C)C)cc1)C(C)(C)C.Cc1c(C(C)(C)C)ccc(C(C)(C)C)c1C. The molecule has 0 saturated carbocycles. The van der Waals surface area contributed by atoms with Crippen molar-refractivity contribution in [2.75, 3.05) is 17.3 Å². The van der Waals surface area contributed by atoms with E-state index in [0.717, 1.165) is 22.5 Å². The molecule has 3 rings (SSSR count).